The van der Waals surface area contributed by atoms with Crippen LogP contribution in [0.4, 0.5) is 0 Å². The van der Waals surface area contributed by atoms with Crippen LogP contribution >= 0.6 is 0 Å². The molecule has 1 unspecified atom stereocenters. The quantitative estimate of drug-likeness (QED) is 0.513. The standard InChI is InChI=1S/C8H16N2O2/c11-6-8(12)10-7-2-1-4-9-5-3-7/h7,9,11H,1-6H2,(H,10,12). The van der Waals surface area contributed by atoms with Crippen LogP contribution in [0.15, 0.2) is 0 Å². The second-order valence-electron chi connectivity index (χ2n) is 3.10. The highest BCUT2D eigenvalue weighted by Crippen LogP contribution is 2.04. The zero-order valence-electron chi connectivity index (χ0n) is 7.18. The van der Waals surface area contributed by atoms with E-state index in [1.54, 1.807) is 0 Å². The molecule has 0 radical (unpaired) electrons. The van der Waals surface area contributed by atoms with Gasteiger partial charge in [-0.05, 0) is 32.4 Å². The minimum atomic E-state index is -0.399. The third kappa shape index (κ3) is 3.19. The number of hydrogen-bond acceptors (Lipinski definition) is 3. The molecule has 0 spiro atoms. The maximum atomic E-state index is 10.8. The molecule has 1 aliphatic heterocycles. The maximum absolute atomic E-state index is 10.8. The van der Waals surface area contributed by atoms with Crippen molar-refractivity contribution in [2.24, 2.45) is 0 Å². The first-order chi connectivity index (χ1) is 5.83. The van der Waals surface area contributed by atoms with E-state index in [0.717, 1.165) is 32.4 Å². The molecule has 3 N–H and O–H groups in total. The monoisotopic (exact) mass is 172 g/mol. The molecule has 0 bridgehead atoms. The van der Waals surface area contributed by atoms with Crippen molar-refractivity contribution >= 4 is 5.91 Å². The largest absolute Gasteiger partial charge is 0.387 e. The second-order valence-corrected chi connectivity index (χ2v) is 3.10. The number of aliphatic hydroxyl groups is 1. The van der Waals surface area contributed by atoms with E-state index in [4.69, 9.17) is 5.11 Å². The van der Waals surface area contributed by atoms with E-state index in [1.165, 1.54) is 0 Å². The third-order valence-electron chi connectivity index (χ3n) is 2.08. The third-order valence-corrected chi connectivity index (χ3v) is 2.08. The lowest BCUT2D eigenvalue weighted by Gasteiger charge is -2.14. The first kappa shape index (κ1) is 9.48. The summed E-state index contributed by atoms with van der Waals surface area (Å²) in [4.78, 5) is 10.8. The Morgan fingerprint density at radius 1 is 1.50 bits per heavy atom. The Balaban J connectivity index is 2.24. The first-order valence-electron chi connectivity index (χ1n) is 4.44. The van der Waals surface area contributed by atoms with Gasteiger partial charge in [-0.2, -0.15) is 0 Å². The Kier molecular flexibility index (Phi) is 4.04. The Hall–Kier alpha value is -0.610. The second kappa shape index (κ2) is 5.11. The molecule has 0 aromatic heterocycles. The lowest BCUT2D eigenvalue weighted by atomic mass is 10.1. The number of aliphatic hydroxyl groups excluding tert-OH is 1. The summed E-state index contributed by atoms with van der Waals surface area (Å²) >= 11 is 0. The Morgan fingerprint density at radius 2 is 2.33 bits per heavy atom. The summed E-state index contributed by atoms with van der Waals surface area (Å²) < 4.78 is 0. The summed E-state index contributed by atoms with van der Waals surface area (Å²) in [6.45, 7) is 1.59. The molecule has 0 aliphatic carbocycles. The fraction of sp³-hybridized carbons (Fsp3) is 0.875. The molecule has 1 rings (SSSR count). The molecule has 0 saturated carbocycles. The van der Waals surface area contributed by atoms with Crippen LogP contribution in [0.1, 0.15) is 19.3 Å². The average molecular weight is 172 g/mol. The van der Waals surface area contributed by atoms with Gasteiger partial charge in [0.15, 0.2) is 0 Å². The normalized spacial score (nSPS) is 24.6. The van der Waals surface area contributed by atoms with E-state index >= 15 is 0 Å². The molecule has 1 fully saturated rings. The van der Waals surface area contributed by atoms with E-state index in [9.17, 15) is 4.79 Å². The SMILES string of the molecule is O=C(CO)NC1CCCNCC1. The lowest BCUT2D eigenvalue weighted by Crippen LogP contribution is -2.37. The van der Waals surface area contributed by atoms with E-state index in [2.05, 4.69) is 10.6 Å². The lowest BCUT2D eigenvalue weighted by molar-refractivity contribution is -0.124. The summed E-state index contributed by atoms with van der Waals surface area (Å²) in [6, 6.07) is 0.250. The Bertz CT molecular complexity index is 142. The molecule has 70 valence electrons. The van der Waals surface area contributed by atoms with Gasteiger partial charge in [0.25, 0.3) is 0 Å². The summed E-state index contributed by atoms with van der Waals surface area (Å²) in [5, 5.41) is 14.5. The van der Waals surface area contributed by atoms with E-state index in [0.29, 0.717) is 0 Å². The molecular weight excluding hydrogens is 156 g/mol. The van der Waals surface area contributed by atoms with Crippen LogP contribution in [0.3, 0.4) is 0 Å². The summed E-state index contributed by atoms with van der Waals surface area (Å²) in [7, 11) is 0. The van der Waals surface area contributed by atoms with Crippen LogP contribution in [-0.2, 0) is 4.79 Å². The van der Waals surface area contributed by atoms with Gasteiger partial charge in [0, 0.05) is 6.04 Å². The minimum absolute atomic E-state index is 0.250. The summed E-state index contributed by atoms with van der Waals surface area (Å²) in [6.07, 6.45) is 3.07. The van der Waals surface area contributed by atoms with Gasteiger partial charge in [0.05, 0.1) is 0 Å². The van der Waals surface area contributed by atoms with Crippen LogP contribution in [0.2, 0.25) is 0 Å². The highest BCUT2D eigenvalue weighted by atomic mass is 16.3. The van der Waals surface area contributed by atoms with Crippen molar-refractivity contribution in [3.63, 3.8) is 0 Å². The number of nitrogens with one attached hydrogen (secondary N) is 2. The Labute approximate surface area is 72.3 Å². The van der Waals surface area contributed by atoms with E-state index in [-0.39, 0.29) is 11.9 Å². The van der Waals surface area contributed by atoms with Gasteiger partial charge in [-0.15, -0.1) is 0 Å². The van der Waals surface area contributed by atoms with Crippen molar-refractivity contribution in [3.8, 4) is 0 Å². The number of amides is 1. The highest BCUT2D eigenvalue weighted by molar-refractivity contribution is 5.77. The first-order valence-corrected chi connectivity index (χ1v) is 4.44. The van der Waals surface area contributed by atoms with Crippen molar-refractivity contribution < 1.29 is 9.90 Å². The Morgan fingerprint density at radius 3 is 3.08 bits per heavy atom. The van der Waals surface area contributed by atoms with Crippen LogP contribution < -0.4 is 10.6 Å². The molecule has 4 nitrogen and oxygen atoms in total. The van der Waals surface area contributed by atoms with Gasteiger partial charge in [0.2, 0.25) is 5.91 Å². The average Bonchev–Trinajstić information content (AvgIpc) is 2.33. The fourth-order valence-corrected chi connectivity index (χ4v) is 1.44. The molecule has 12 heavy (non-hydrogen) atoms. The highest BCUT2D eigenvalue weighted by Gasteiger charge is 2.13. The van der Waals surface area contributed by atoms with E-state index in [1.807, 2.05) is 0 Å². The molecule has 1 heterocycles. The van der Waals surface area contributed by atoms with Crippen LogP contribution in [-0.4, -0.2) is 36.8 Å². The van der Waals surface area contributed by atoms with Gasteiger partial charge in [-0.1, -0.05) is 0 Å². The van der Waals surface area contributed by atoms with Crippen LogP contribution in [0, 0.1) is 0 Å². The molecule has 1 atom stereocenters. The van der Waals surface area contributed by atoms with Gasteiger partial charge in [0.1, 0.15) is 6.61 Å². The molecule has 1 amide bonds. The molecule has 1 aliphatic rings. The van der Waals surface area contributed by atoms with Crippen LogP contribution in [0.25, 0.3) is 0 Å². The number of carbonyl (C=O) groups is 1. The smallest absolute Gasteiger partial charge is 0.245 e. The van der Waals surface area contributed by atoms with Crippen molar-refractivity contribution in [1.82, 2.24) is 10.6 Å². The number of carbonyl (C=O) groups excluding carboxylic acids is 1. The van der Waals surface area contributed by atoms with Gasteiger partial charge in [-0.25, -0.2) is 0 Å². The summed E-state index contributed by atoms with van der Waals surface area (Å²) in [5.41, 5.74) is 0. The molecule has 0 aromatic rings. The maximum Gasteiger partial charge on any atom is 0.245 e. The topological polar surface area (TPSA) is 61.4 Å². The van der Waals surface area contributed by atoms with E-state index < -0.39 is 6.61 Å². The van der Waals surface area contributed by atoms with Gasteiger partial charge >= 0.3 is 0 Å². The molecule has 4 heteroatoms. The fourth-order valence-electron chi connectivity index (χ4n) is 1.44. The minimum Gasteiger partial charge on any atom is -0.387 e. The molecular formula is C8H16N2O2. The van der Waals surface area contributed by atoms with Crippen LogP contribution in [0.5, 0.6) is 0 Å². The predicted octanol–water partition coefficient (Wildman–Crippen LogP) is -0.763. The van der Waals surface area contributed by atoms with Crippen molar-refractivity contribution in [3.05, 3.63) is 0 Å². The van der Waals surface area contributed by atoms with Gasteiger partial charge < -0.3 is 15.7 Å². The van der Waals surface area contributed by atoms with Crippen molar-refractivity contribution in [2.45, 2.75) is 25.3 Å². The number of rotatable bonds is 2. The zero-order valence-corrected chi connectivity index (χ0v) is 7.18. The summed E-state index contributed by atoms with van der Waals surface area (Å²) in [5.74, 6) is -0.262. The van der Waals surface area contributed by atoms with Crippen molar-refractivity contribution in [2.75, 3.05) is 19.7 Å². The predicted molar refractivity (Wildman–Crippen MR) is 45.7 cm³/mol. The van der Waals surface area contributed by atoms with Crippen molar-refractivity contribution in [1.29, 1.82) is 0 Å². The zero-order chi connectivity index (χ0) is 8.81. The van der Waals surface area contributed by atoms with Gasteiger partial charge in [-0.3, -0.25) is 4.79 Å². The number of hydrogen-bond donors (Lipinski definition) is 3. The molecule has 0 aromatic carbocycles. The molecule has 1 saturated heterocycles.